The van der Waals surface area contributed by atoms with Gasteiger partial charge >= 0.3 is 0 Å². The molecular formula is C21H19BrN2O4. The quantitative estimate of drug-likeness (QED) is 0.579. The molecule has 1 amide bonds. The zero-order chi connectivity index (χ0) is 19.9. The molecule has 28 heavy (non-hydrogen) atoms. The number of rotatable bonds is 7. The standard InChI is InChI=1S/C21H19BrN2O4/c1-26-18-5-3-4-14(20(18)27-2)12-24-21(25)15-6-11-19(23-13-15)28-17-9-7-16(22)8-10-17/h3-11,13H,12H2,1-2H3,(H,24,25). The second-order valence-corrected chi connectivity index (χ2v) is 6.69. The average Bonchev–Trinajstić information content (AvgIpc) is 2.73. The van der Waals surface area contributed by atoms with Gasteiger partial charge in [0.2, 0.25) is 5.88 Å². The molecule has 3 rings (SSSR count). The Morgan fingerprint density at radius 2 is 1.82 bits per heavy atom. The molecule has 0 atom stereocenters. The molecule has 0 aliphatic rings. The molecule has 0 spiro atoms. The number of nitrogens with zero attached hydrogens (tertiary/aromatic N) is 1. The Hall–Kier alpha value is -3.06. The fourth-order valence-electron chi connectivity index (χ4n) is 2.57. The highest BCUT2D eigenvalue weighted by atomic mass is 79.9. The fraction of sp³-hybridized carbons (Fsp3) is 0.143. The van der Waals surface area contributed by atoms with Crippen LogP contribution in [0, 0.1) is 0 Å². The van der Waals surface area contributed by atoms with Crippen LogP contribution in [0.4, 0.5) is 0 Å². The number of ether oxygens (including phenoxy) is 3. The molecule has 1 heterocycles. The van der Waals surface area contributed by atoms with Gasteiger partial charge in [0.1, 0.15) is 5.75 Å². The number of halogens is 1. The predicted octanol–water partition coefficient (Wildman–Crippen LogP) is 4.58. The van der Waals surface area contributed by atoms with Crippen LogP contribution in [-0.4, -0.2) is 25.1 Å². The van der Waals surface area contributed by atoms with Crippen LogP contribution in [0.1, 0.15) is 15.9 Å². The minimum atomic E-state index is -0.243. The van der Waals surface area contributed by atoms with Crippen LogP contribution in [0.5, 0.6) is 23.1 Å². The van der Waals surface area contributed by atoms with Crippen molar-refractivity contribution in [3.8, 4) is 23.1 Å². The first-order chi connectivity index (χ1) is 13.6. The number of para-hydroxylation sites is 1. The van der Waals surface area contributed by atoms with Crippen molar-refractivity contribution in [2.75, 3.05) is 14.2 Å². The van der Waals surface area contributed by atoms with Crippen molar-refractivity contribution in [2.24, 2.45) is 0 Å². The average molecular weight is 443 g/mol. The van der Waals surface area contributed by atoms with Crippen molar-refractivity contribution in [1.29, 1.82) is 0 Å². The smallest absolute Gasteiger partial charge is 0.253 e. The van der Waals surface area contributed by atoms with Gasteiger partial charge in [-0.3, -0.25) is 4.79 Å². The second kappa shape index (κ2) is 9.23. The molecule has 2 aromatic carbocycles. The van der Waals surface area contributed by atoms with Crippen LogP contribution in [-0.2, 0) is 6.54 Å². The summed E-state index contributed by atoms with van der Waals surface area (Å²) in [5.74, 6) is 2.05. The zero-order valence-electron chi connectivity index (χ0n) is 15.4. The Balaban J connectivity index is 1.63. The van der Waals surface area contributed by atoms with Gasteiger partial charge in [-0.05, 0) is 36.4 Å². The summed E-state index contributed by atoms with van der Waals surface area (Å²) in [6.07, 6.45) is 1.48. The first-order valence-corrected chi connectivity index (χ1v) is 9.27. The van der Waals surface area contributed by atoms with Crippen LogP contribution in [0.3, 0.4) is 0 Å². The summed E-state index contributed by atoms with van der Waals surface area (Å²) in [6.45, 7) is 0.302. The van der Waals surface area contributed by atoms with Crippen LogP contribution in [0.25, 0.3) is 0 Å². The Morgan fingerprint density at radius 3 is 2.46 bits per heavy atom. The Bertz CT molecular complexity index is 944. The Labute approximate surface area is 171 Å². The molecular weight excluding hydrogens is 424 g/mol. The molecule has 0 fully saturated rings. The van der Waals surface area contributed by atoms with Crippen LogP contribution < -0.4 is 19.5 Å². The third-order valence-corrected chi connectivity index (χ3v) is 4.49. The molecule has 0 aliphatic heterocycles. The highest BCUT2D eigenvalue weighted by Gasteiger charge is 2.12. The van der Waals surface area contributed by atoms with E-state index in [4.69, 9.17) is 14.2 Å². The number of hydrogen-bond acceptors (Lipinski definition) is 5. The van der Waals surface area contributed by atoms with E-state index in [9.17, 15) is 4.79 Å². The van der Waals surface area contributed by atoms with E-state index < -0.39 is 0 Å². The third kappa shape index (κ3) is 4.80. The molecule has 1 N–H and O–H groups in total. The summed E-state index contributed by atoms with van der Waals surface area (Å²) in [4.78, 5) is 16.6. The number of amides is 1. The van der Waals surface area contributed by atoms with Crippen LogP contribution >= 0.6 is 15.9 Å². The van der Waals surface area contributed by atoms with Gasteiger partial charge in [0.05, 0.1) is 19.8 Å². The minimum Gasteiger partial charge on any atom is -0.493 e. The molecule has 0 bridgehead atoms. The Kier molecular flexibility index (Phi) is 6.49. The number of benzene rings is 2. The maximum absolute atomic E-state index is 12.4. The van der Waals surface area contributed by atoms with Gasteiger partial charge in [-0.25, -0.2) is 4.98 Å². The van der Waals surface area contributed by atoms with Crippen molar-refractivity contribution < 1.29 is 19.0 Å². The van der Waals surface area contributed by atoms with Crippen LogP contribution in [0.15, 0.2) is 65.3 Å². The first-order valence-electron chi connectivity index (χ1n) is 8.48. The van der Waals surface area contributed by atoms with Gasteiger partial charge in [0, 0.05) is 28.8 Å². The predicted molar refractivity (Wildman–Crippen MR) is 109 cm³/mol. The number of aromatic nitrogens is 1. The van der Waals surface area contributed by atoms with Crippen molar-refractivity contribution >= 4 is 21.8 Å². The summed E-state index contributed by atoms with van der Waals surface area (Å²) < 4.78 is 17.3. The van der Waals surface area contributed by atoms with Gasteiger partial charge in [-0.2, -0.15) is 0 Å². The molecule has 0 saturated carbocycles. The highest BCUT2D eigenvalue weighted by molar-refractivity contribution is 9.10. The lowest BCUT2D eigenvalue weighted by molar-refractivity contribution is 0.0950. The highest BCUT2D eigenvalue weighted by Crippen LogP contribution is 2.30. The monoisotopic (exact) mass is 442 g/mol. The summed E-state index contributed by atoms with van der Waals surface area (Å²) in [6, 6.07) is 16.3. The van der Waals surface area contributed by atoms with Gasteiger partial charge in [0.25, 0.3) is 5.91 Å². The number of carbonyl (C=O) groups is 1. The number of hydrogen-bond donors (Lipinski definition) is 1. The summed E-state index contributed by atoms with van der Waals surface area (Å²) >= 11 is 3.37. The molecule has 0 radical (unpaired) electrons. The van der Waals surface area contributed by atoms with E-state index in [-0.39, 0.29) is 5.91 Å². The van der Waals surface area contributed by atoms with Crippen molar-refractivity contribution in [1.82, 2.24) is 10.3 Å². The van der Waals surface area contributed by atoms with Crippen molar-refractivity contribution in [3.63, 3.8) is 0 Å². The van der Waals surface area contributed by atoms with Gasteiger partial charge in [-0.15, -0.1) is 0 Å². The van der Waals surface area contributed by atoms with E-state index in [0.717, 1.165) is 10.0 Å². The number of nitrogens with one attached hydrogen (secondary N) is 1. The normalized spacial score (nSPS) is 10.2. The molecule has 0 saturated heterocycles. The van der Waals surface area contributed by atoms with E-state index in [1.165, 1.54) is 6.20 Å². The van der Waals surface area contributed by atoms with E-state index in [1.807, 2.05) is 36.4 Å². The lowest BCUT2D eigenvalue weighted by atomic mass is 10.1. The fourth-order valence-corrected chi connectivity index (χ4v) is 2.83. The van der Waals surface area contributed by atoms with Gasteiger partial charge in [0.15, 0.2) is 11.5 Å². The maximum atomic E-state index is 12.4. The molecule has 6 nitrogen and oxygen atoms in total. The maximum Gasteiger partial charge on any atom is 0.253 e. The third-order valence-electron chi connectivity index (χ3n) is 3.96. The van der Waals surface area contributed by atoms with Crippen molar-refractivity contribution in [2.45, 2.75) is 6.54 Å². The summed E-state index contributed by atoms with van der Waals surface area (Å²) in [7, 11) is 3.14. The van der Waals surface area contributed by atoms with Gasteiger partial charge in [-0.1, -0.05) is 28.1 Å². The van der Waals surface area contributed by atoms with E-state index in [0.29, 0.717) is 35.2 Å². The van der Waals surface area contributed by atoms with Gasteiger partial charge < -0.3 is 19.5 Å². The lowest BCUT2D eigenvalue weighted by Crippen LogP contribution is -2.23. The number of pyridine rings is 1. The molecule has 3 aromatic rings. The number of methoxy groups -OCH3 is 2. The van der Waals surface area contributed by atoms with Crippen LogP contribution in [0.2, 0.25) is 0 Å². The minimum absolute atomic E-state index is 0.243. The first kappa shape index (κ1) is 19.7. The molecule has 7 heteroatoms. The summed E-state index contributed by atoms with van der Waals surface area (Å²) in [5.41, 5.74) is 1.25. The second-order valence-electron chi connectivity index (χ2n) is 5.78. The Morgan fingerprint density at radius 1 is 1.04 bits per heavy atom. The largest absolute Gasteiger partial charge is 0.493 e. The molecule has 0 aliphatic carbocycles. The van der Waals surface area contributed by atoms with Crippen molar-refractivity contribution in [3.05, 3.63) is 76.4 Å². The molecule has 1 aromatic heterocycles. The van der Waals surface area contributed by atoms with E-state index in [2.05, 4.69) is 26.2 Å². The molecule has 144 valence electrons. The summed E-state index contributed by atoms with van der Waals surface area (Å²) in [5, 5.41) is 2.86. The zero-order valence-corrected chi connectivity index (χ0v) is 17.0. The number of carbonyl (C=O) groups excluding carboxylic acids is 1. The van der Waals surface area contributed by atoms with E-state index in [1.54, 1.807) is 32.4 Å². The molecule has 0 unspecified atom stereocenters. The topological polar surface area (TPSA) is 69.7 Å². The van der Waals surface area contributed by atoms with E-state index >= 15 is 0 Å². The SMILES string of the molecule is COc1cccc(CNC(=O)c2ccc(Oc3ccc(Br)cc3)nc2)c1OC. The lowest BCUT2D eigenvalue weighted by Gasteiger charge is -2.13.